The van der Waals surface area contributed by atoms with Gasteiger partial charge in [0.25, 0.3) is 5.91 Å². The molecule has 1 fully saturated rings. The fourth-order valence-corrected chi connectivity index (χ4v) is 2.68. The lowest BCUT2D eigenvalue weighted by Crippen LogP contribution is -2.49. The number of hydrogen-bond acceptors (Lipinski definition) is 3. The highest BCUT2D eigenvalue weighted by Gasteiger charge is 2.31. The highest BCUT2D eigenvalue weighted by atomic mass is 35.5. The molecule has 0 aliphatic carbocycles. The number of carbonyl (C=O) groups excluding carboxylic acids is 1. The topological polar surface area (TPSA) is 49.8 Å². The molecule has 1 aromatic rings. The molecule has 0 saturated carbocycles. The first-order chi connectivity index (χ1) is 9.78. The van der Waals surface area contributed by atoms with E-state index in [-0.39, 0.29) is 5.91 Å². The van der Waals surface area contributed by atoms with Crippen LogP contribution in [0.3, 0.4) is 0 Å². The Morgan fingerprint density at radius 3 is 2.62 bits per heavy atom. The molecule has 21 heavy (non-hydrogen) atoms. The Hall–Kier alpha value is -1.26. The number of likely N-dealkylation sites (tertiary alicyclic amines) is 1. The molecule has 4 nitrogen and oxygen atoms in total. The zero-order valence-electron chi connectivity index (χ0n) is 12.7. The van der Waals surface area contributed by atoms with Crippen molar-refractivity contribution in [2.24, 2.45) is 0 Å². The molecule has 5 heteroatoms. The van der Waals surface area contributed by atoms with E-state index in [9.17, 15) is 9.90 Å². The Balaban J connectivity index is 1.97. The number of carbonyl (C=O) groups is 1. The van der Waals surface area contributed by atoms with Gasteiger partial charge in [-0.15, -0.1) is 0 Å². The van der Waals surface area contributed by atoms with E-state index in [1.165, 1.54) is 0 Å². The van der Waals surface area contributed by atoms with E-state index in [1.54, 1.807) is 24.0 Å². The lowest BCUT2D eigenvalue weighted by molar-refractivity contribution is -0.141. The summed E-state index contributed by atoms with van der Waals surface area (Å²) in [5.41, 5.74) is 0.247. The van der Waals surface area contributed by atoms with Crippen molar-refractivity contribution in [1.29, 1.82) is 0 Å². The summed E-state index contributed by atoms with van der Waals surface area (Å²) >= 11 is 5.91. The van der Waals surface area contributed by atoms with Gasteiger partial charge in [0, 0.05) is 18.1 Å². The van der Waals surface area contributed by atoms with Crippen LogP contribution in [0.5, 0.6) is 5.75 Å². The van der Waals surface area contributed by atoms with Crippen LogP contribution in [0.4, 0.5) is 0 Å². The molecule has 1 aromatic carbocycles. The molecule has 1 saturated heterocycles. The van der Waals surface area contributed by atoms with E-state index in [0.29, 0.717) is 36.7 Å². The van der Waals surface area contributed by atoms with Gasteiger partial charge in [-0.3, -0.25) is 4.79 Å². The van der Waals surface area contributed by atoms with Crippen molar-refractivity contribution < 1.29 is 14.6 Å². The van der Waals surface area contributed by atoms with Crippen molar-refractivity contribution in [2.45, 2.75) is 45.3 Å². The Kier molecular flexibility index (Phi) is 4.79. The summed E-state index contributed by atoms with van der Waals surface area (Å²) in [6.07, 6.45) is 0.657. The van der Waals surface area contributed by atoms with Crippen LogP contribution in [0.15, 0.2) is 18.2 Å². The minimum absolute atomic E-state index is 0.0418. The van der Waals surface area contributed by atoms with E-state index >= 15 is 0 Å². The van der Waals surface area contributed by atoms with E-state index in [1.807, 2.05) is 19.9 Å². The van der Waals surface area contributed by atoms with Gasteiger partial charge in [0.15, 0.2) is 6.10 Å². The van der Waals surface area contributed by atoms with Gasteiger partial charge in [-0.05, 0) is 57.4 Å². The SMILES string of the molecule is Cc1cc(Cl)ccc1OC(C)C(=O)N1CCC(C)(O)CC1. The molecule has 1 unspecified atom stereocenters. The number of rotatable bonds is 3. The summed E-state index contributed by atoms with van der Waals surface area (Å²) < 4.78 is 5.75. The van der Waals surface area contributed by atoms with Crippen LogP contribution in [0.25, 0.3) is 0 Å². The van der Waals surface area contributed by atoms with Crippen molar-refractivity contribution in [1.82, 2.24) is 4.90 Å². The molecule has 0 bridgehead atoms. The van der Waals surface area contributed by atoms with E-state index in [4.69, 9.17) is 16.3 Å². The molecular formula is C16H22ClNO3. The molecule has 1 aliphatic heterocycles. The first-order valence-electron chi connectivity index (χ1n) is 7.22. The van der Waals surface area contributed by atoms with Crippen LogP contribution >= 0.6 is 11.6 Å². The smallest absolute Gasteiger partial charge is 0.263 e. The number of aryl methyl sites for hydroxylation is 1. The number of aliphatic hydroxyl groups is 1. The van der Waals surface area contributed by atoms with Crippen molar-refractivity contribution >= 4 is 17.5 Å². The molecule has 0 radical (unpaired) electrons. The summed E-state index contributed by atoms with van der Waals surface area (Å²) in [6, 6.07) is 5.34. The van der Waals surface area contributed by atoms with Gasteiger partial charge in [-0.2, -0.15) is 0 Å². The fraction of sp³-hybridized carbons (Fsp3) is 0.562. The molecule has 1 heterocycles. The normalized spacial score (nSPS) is 19.2. The first kappa shape index (κ1) is 16.1. The van der Waals surface area contributed by atoms with Crippen molar-refractivity contribution in [3.8, 4) is 5.75 Å². The van der Waals surface area contributed by atoms with E-state index in [0.717, 1.165) is 5.56 Å². The molecule has 1 N–H and O–H groups in total. The van der Waals surface area contributed by atoms with Crippen molar-refractivity contribution in [2.75, 3.05) is 13.1 Å². The number of ether oxygens (including phenoxy) is 1. The average molecular weight is 312 g/mol. The summed E-state index contributed by atoms with van der Waals surface area (Å²) in [6.45, 7) is 6.60. The second-order valence-corrected chi connectivity index (χ2v) is 6.43. The van der Waals surface area contributed by atoms with Crippen LogP contribution in [0, 0.1) is 6.92 Å². The molecule has 1 amide bonds. The van der Waals surface area contributed by atoms with E-state index < -0.39 is 11.7 Å². The Labute approximate surface area is 130 Å². The van der Waals surface area contributed by atoms with Crippen LogP contribution in [0.1, 0.15) is 32.3 Å². The number of nitrogens with zero attached hydrogens (tertiary/aromatic N) is 1. The van der Waals surface area contributed by atoms with Crippen LogP contribution < -0.4 is 4.74 Å². The van der Waals surface area contributed by atoms with E-state index in [2.05, 4.69) is 0 Å². The highest BCUT2D eigenvalue weighted by molar-refractivity contribution is 6.30. The first-order valence-corrected chi connectivity index (χ1v) is 7.60. The lowest BCUT2D eigenvalue weighted by atomic mass is 9.93. The van der Waals surface area contributed by atoms with Crippen LogP contribution in [0.2, 0.25) is 5.02 Å². The van der Waals surface area contributed by atoms with Gasteiger partial charge in [-0.25, -0.2) is 0 Å². The lowest BCUT2D eigenvalue weighted by Gasteiger charge is -2.36. The molecular weight excluding hydrogens is 290 g/mol. The number of amides is 1. The number of benzene rings is 1. The molecule has 116 valence electrons. The summed E-state index contributed by atoms with van der Waals surface area (Å²) in [7, 11) is 0. The second kappa shape index (κ2) is 6.24. The van der Waals surface area contributed by atoms with Gasteiger partial charge in [-0.1, -0.05) is 11.6 Å². The predicted octanol–water partition coefficient (Wildman–Crippen LogP) is 2.79. The van der Waals surface area contributed by atoms with Crippen molar-refractivity contribution in [3.63, 3.8) is 0 Å². The fourth-order valence-electron chi connectivity index (χ4n) is 2.45. The molecule has 0 aromatic heterocycles. The van der Waals surface area contributed by atoms with Gasteiger partial charge in [0.2, 0.25) is 0 Å². The van der Waals surface area contributed by atoms with Gasteiger partial charge in [0.1, 0.15) is 5.75 Å². The largest absolute Gasteiger partial charge is 0.481 e. The number of halogens is 1. The quantitative estimate of drug-likeness (QED) is 0.934. The zero-order chi connectivity index (χ0) is 15.6. The number of hydrogen-bond donors (Lipinski definition) is 1. The summed E-state index contributed by atoms with van der Waals surface area (Å²) in [5.74, 6) is 0.629. The Morgan fingerprint density at radius 1 is 1.43 bits per heavy atom. The van der Waals surface area contributed by atoms with Crippen LogP contribution in [-0.4, -0.2) is 40.7 Å². The minimum atomic E-state index is -0.659. The Morgan fingerprint density at radius 2 is 2.05 bits per heavy atom. The summed E-state index contributed by atoms with van der Waals surface area (Å²) in [4.78, 5) is 14.1. The maximum atomic E-state index is 12.4. The third kappa shape index (κ3) is 4.11. The van der Waals surface area contributed by atoms with Gasteiger partial charge in [0.05, 0.1) is 5.60 Å². The highest BCUT2D eigenvalue weighted by Crippen LogP contribution is 2.25. The zero-order valence-corrected chi connectivity index (χ0v) is 13.5. The third-order valence-corrected chi connectivity index (χ3v) is 4.18. The van der Waals surface area contributed by atoms with Gasteiger partial charge >= 0.3 is 0 Å². The Bertz CT molecular complexity index is 520. The van der Waals surface area contributed by atoms with Crippen molar-refractivity contribution in [3.05, 3.63) is 28.8 Å². The van der Waals surface area contributed by atoms with Gasteiger partial charge < -0.3 is 14.7 Å². The predicted molar refractivity (Wildman–Crippen MR) is 82.7 cm³/mol. The maximum Gasteiger partial charge on any atom is 0.263 e. The van der Waals surface area contributed by atoms with Crippen LogP contribution in [-0.2, 0) is 4.79 Å². The minimum Gasteiger partial charge on any atom is -0.481 e. The molecule has 1 aliphatic rings. The number of piperidine rings is 1. The molecule has 0 spiro atoms. The summed E-state index contributed by atoms with van der Waals surface area (Å²) in [5, 5.41) is 10.6. The second-order valence-electron chi connectivity index (χ2n) is 5.99. The average Bonchev–Trinajstić information content (AvgIpc) is 2.41. The standard InChI is InChI=1S/C16H22ClNO3/c1-11-10-13(17)4-5-14(11)21-12(2)15(19)18-8-6-16(3,20)7-9-18/h4-5,10,12,20H,6-9H2,1-3H3. The third-order valence-electron chi connectivity index (χ3n) is 3.94. The molecule has 1 atom stereocenters. The molecule has 2 rings (SSSR count). The monoisotopic (exact) mass is 311 g/mol. The maximum absolute atomic E-state index is 12.4.